The fourth-order valence-corrected chi connectivity index (χ4v) is 2.87. The van der Waals surface area contributed by atoms with Crippen LogP contribution in [0.4, 0.5) is 14.9 Å². The Morgan fingerprint density at radius 2 is 1.84 bits per heavy atom. The Morgan fingerprint density at radius 3 is 2.47 bits per heavy atom. The van der Waals surface area contributed by atoms with Gasteiger partial charge in [-0.3, -0.25) is 4.90 Å². The first-order chi connectivity index (χ1) is 9.08. The molecule has 1 aromatic carbocycles. The number of nitrogens with one attached hydrogen (secondary N) is 1. The van der Waals surface area contributed by atoms with Gasteiger partial charge in [0.1, 0.15) is 5.82 Å². The summed E-state index contributed by atoms with van der Waals surface area (Å²) >= 11 is 0. The number of carbonyl (C=O) groups excluding carboxylic acids is 1. The topological polar surface area (TPSA) is 35.6 Å². The molecule has 2 aliphatic rings. The minimum Gasteiger partial charge on any atom is -0.330 e. The van der Waals surface area contributed by atoms with Crippen molar-refractivity contribution in [1.82, 2.24) is 10.2 Å². The van der Waals surface area contributed by atoms with Crippen molar-refractivity contribution in [2.75, 3.05) is 31.6 Å². The maximum atomic E-state index is 12.9. The lowest BCUT2D eigenvalue weighted by Crippen LogP contribution is -2.51. The molecule has 1 spiro atoms. The summed E-state index contributed by atoms with van der Waals surface area (Å²) in [5.41, 5.74) is 0.646. The summed E-state index contributed by atoms with van der Waals surface area (Å²) < 4.78 is 12.9. The van der Waals surface area contributed by atoms with Crippen LogP contribution in [0.25, 0.3) is 0 Å². The second kappa shape index (κ2) is 4.49. The number of halogens is 1. The number of benzene rings is 1. The maximum Gasteiger partial charge on any atom is 0.322 e. The molecule has 4 nitrogen and oxygen atoms in total. The van der Waals surface area contributed by atoms with E-state index in [0.29, 0.717) is 6.54 Å². The molecule has 0 unspecified atom stereocenters. The molecule has 2 saturated heterocycles. The third kappa shape index (κ3) is 2.30. The lowest BCUT2D eigenvalue weighted by atomic mass is 9.88. The molecule has 0 aliphatic carbocycles. The first kappa shape index (κ1) is 12.4. The Balaban J connectivity index is 1.78. The summed E-state index contributed by atoms with van der Waals surface area (Å²) in [6.07, 6.45) is 1.93. The third-order valence-corrected chi connectivity index (χ3v) is 4.16. The zero-order valence-electron chi connectivity index (χ0n) is 11.0. The van der Waals surface area contributed by atoms with E-state index in [2.05, 4.69) is 17.3 Å². The van der Waals surface area contributed by atoms with Crippen molar-refractivity contribution in [3.63, 3.8) is 0 Å². The molecule has 0 radical (unpaired) electrons. The number of piperidine rings is 1. The molecule has 19 heavy (non-hydrogen) atoms. The zero-order chi connectivity index (χ0) is 13.5. The summed E-state index contributed by atoms with van der Waals surface area (Å²) in [5, 5.41) is 3.12. The Bertz CT molecular complexity index is 480. The number of rotatable bonds is 1. The van der Waals surface area contributed by atoms with E-state index in [1.165, 1.54) is 12.1 Å². The van der Waals surface area contributed by atoms with Gasteiger partial charge in [0.2, 0.25) is 0 Å². The molecule has 0 saturated carbocycles. The number of amides is 2. The predicted octanol–water partition coefficient (Wildman–Crippen LogP) is 1.82. The number of hydrogen-bond acceptors (Lipinski definition) is 2. The minimum absolute atomic E-state index is 0.0730. The van der Waals surface area contributed by atoms with Gasteiger partial charge in [-0.05, 0) is 44.2 Å². The Labute approximate surface area is 112 Å². The molecule has 5 heteroatoms. The number of likely N-dealkylation sites (tertiary alicyclic amines) is 1. The van der Waals surface area contributed by atoms with Crippen LogP contribution in [0, 0.1) is 5.82 Å². The highest BCUT2D eigenvalue weighted by Crippen LogP contribution is 2.30. The van der Waals surface area contributed by atoms with E-state index in [9.17, 15) is 9.18 Å². The Hall–Kier alpha value is -1.62. The molecular formula is C14H18FN3O. The van der Waals surface area contributed by atoms with Gasteiger partial charge in [0, 0.05) is 18.8 Å². The van der Waals surface area contributed by atoms with E-state index >= 15 is 0 Å². The van der Waals surface area contributed by atoms with Crippen LogP contribution < -0.4 is 10.2 Å². The van der Waals surface area contributed by atoms with E-state index in [4.69, 9.17) is 0 Å². The van der Waals surface area contributed by atoms with E-state index in [1.807, 2.05) is 0 Å². The van der Waals surface area contributed by atoms with Gasteiger partial charge in [-0.2, -0.15) is 0 Å². The average molecular weight is 263 g/mol. The average Bonchev–Trinajstić information content (AvgIpc) is 2.72. The monoisotopic (exact) mass is 263 g/mol. The summed E-state index contributed by atoms with van der Waals surface area (Å²) in [4.78, 5) is 16.1. The second-order valence-corrected chi connectivity index (χ2v) is 5.58. The minimum atomic E-state index is -0.280. The molecule has 2 amide bonds. The standard InChI is InChI=1S/C14H18FN3O/c1-17-8-6-14(7-9-17)10-18(13(19)16-14)12-4-2-11(15)3-5-12/h2-5H,6-10H2,1H3,(H,16,19). The van der Waals surface area contributed by atoms with Crippen LogP contribution in [0.1, 0.15) is 12.8 Å². The summed E-state index contributed by atoms with van der Waals surface area (Å²) in [6, 6.07) is 6.02. The maximum absolute atomic E-state index is 12.9. The van der Waals surface area contributed by atoms with Crippen molar-refractivity contribution in [2.24, 2.45) is 0 Å². The molecule has 0 bridgehead atoms. The van der Waals surface area contributed by atoms with Crippen molar-refractivity contribution in [3.05, 3.63) is 30.1 Å². The van der Waals surface area contributed by atoms with Gasteiger partial charge in [-0.1, -0.05) is 0 Å². The van der Waals surface area contributed by atoms with Crippen molar-refractivity contribution >= 4 is 11.7 Å². The molecule has 2 aliphatic heterocycles. The number of nitrogens with zero attached hydrogens (tertiary/aromatic N) is 2. The van der Waals surface area contributed by atoms with Crippen molar-refractivity contribution in [2.45, 2.75) is 18.4 Å². The number of hydrogen-bond donors (Lipinski definition) is 1. The predicted molar refractivity (Wildman–Crippen MR) is 71.7 cm³/mol. The van der Waals surface area contributed by atoms with Crippen LogP contribution >= 0.6 is 0 Å². The zero-order valence-corrected chi connectivity index (χ0v) is 11.0. The SMILES string of the molecule is CN1CCC2(CC1)CN(c1ccc(F)cc1)C(=O)N2. The van der Waals surface area contributed by atoms with E-state index in [1.54, 1.807) is 17.0 Å². The Morgan fingerprint density at radius 1 is 1.21 bits per heavy atom. The quantitative estimate of drug-likeness (QED) is 0.839. The molecule has 2 heterocycles. The number of urea groups is 1. The van der Waals surface area contributed by atoms with E-state index < -0.39 is 0 Å². The van der Waals surface area contributed by atoms with Crippen LogP contribution in [0.15, 0.2) is 24.3 Å². The summed E-state index contributed by atoms with van der Waals surface area (Å²) in [6.45, 7) is 2.67. The fraction of sp³-hybridized carbons (Fsp3) is 0.500. The molecule has 0 aromatic heterocycles. The highest BCUT2D eigenvalue weighted by molar-refractivity contribution is 5.95. The lowest BCUT2D eigenvalue weighted by Gasteiger charge is -2.37. The van der Waals surface area contributed by atoms with Crippen LogP contribution in [0.2, 0.25) is 0 Å². The first-order valence-electron chi connectivity index (χ1n) is 6.62. The summed E-state index contributed by atoms with van der Waals surface area (Å²) in [5.74, 6) is -0.280. The fourth-order valence-electron chi connectivity index (χ4n) is 2.87. The highest BCUT2D eigenvalue weighted by atomic mass is 19.1. The van der Waals surface area contributed by atoms with Gasteiger partial charge in [-0.15, -0.1) is 0 Å². The molecular weight excluding hydrogens is 245 g/mol. The van der Waals surface area contributed by atoms with Gasteiger partial charge in [-0.25, -0.2) is 9.18 Å². The van der Waals surface area contributed by atoms with Gasteiger partial charge >= 0.3 is 6.03 Å². The smallest absolute Gasteiger partial charge is 0.322 e. The van der Waals surface area contributed by atoms with Gasteiger partial charge < -0.3 is 10.2 Å². The van der Waals surface area contributed by atoms with Crippen LogP contribution in [-0.4, -0.2) is 43.2 Å². The number of carbonyl (C=O) groups is 1. The number of anilines is 1. The second-order valence-electron chi connectivity index (χ2n) is 5.58. The molecule has 2 fully saturated rings. The third-order valence-electron chi connectivity index (χ3n) is 4.16. The molecule has 0 atom stereocenters. The van der Waals surface area contributed by atoms with E-state index in [-0.39, 0.29) is 17.4 Å². The molecule has 3 rings (SSSR count). The van der Waals surface area contributed by atoms with Crippen molar-refractivity contribution in [3.8, 4) is 0 Å². The first-order valence-corrected chi connectivity index (χ1v) is 6.62. The normalized spacial score (nSPS) is 22.8. The van der Waals surface area contributed by atoms with E-state index in [0.717, 1.165) is 31.6 Å². The van der Waals surface area contributed by atoms with Gasteiger partial charge in [0.15, 0.2) is 0 Å². The Kier molecular flexibility index (Phi) is 2.93. The molecule has 1 aromatic rings. The van der Waals surface area contributed by atoms with Crippen LogP contribution in [-0.2, 0) is 0 Å². The van der Waals surface area contributed by atoms with Gasteiger partial charge in [0.25, 0.3) is 0 Å². The largest absolute Gasteiger partial charge is 0.330 e. The van der Waals surface area contributed by atoms with Crippen molar-refractivity contribution in [1.29, 1.82) is 0 Å². The highest BCUT2D eigenvalue weighted by Gasteiger charge is 2.44. The van der Waals surface area contributed by atoms with Crippen molar-refractivity contribution < 1.29 is 9.18 Å². The van der Waals surface area contributed by atoms with Crippen LogP contribution in [0.3, 0.4) is 0 Å². The lowest BCUT2D eigenvalue weighted by molar-refractivity contribution is 0.182. The van der Waals surface area contributed by atoms with Gasteiger partial charge in [0.05, 0.1) is 12.1 Å². The van der Waals surface area contributed by atoms with Crippen LogP contribution in [0.5, 0.6) is 0 Å². The summed E-state index contributed by atoms with van der Waals surface area (Å²) in [7, 11) is 2.10. The molecule has 1 N–H and O–H groups in total. The molecule has 102 valence electrons.